The maximum atomic E-state index is 5.13. The molecular weight excluding hydrogens is 108 g/mol. The summed E-state index contributed by atoms with van der Waals surface area (Å²) in [6.07, 6.45) is 0.201. The van der Waals surface area contributed by atoms with Gasteiger partial charge in [-0.2, -0.15) is 0 Å². The lowest BCUT2D eigenvalue weighted by molar-refractivity contribution is -0.0588. The molecule has 0 radical (unpaired) electrons. The fourth-order valence-electron chi connectivity index (χ4n) is 0.804. The van der Waals surface area contributed by atoms with E-state index >= 15 is 0 Å². The molecule has 0 aromatic heterocycles. The molecule has 2 aliphatic rings. The average molecular weight is 116 g/mol. The smallest absolute Gasteiger partial charge is 0.186 e. The molecule has 1 atom stereocenters. The molecule has 2 aliphatic heterocycles. The van der Waals surface area contributed by atoms with Gasteiger partial charge in [0.2, 0.25) is 0 Å². The summed E-state index contributed by atoms with van der Waals surface area (Å²) in [7, 11) is 0. The van der Waals surface area contributed by atoms with E-state index in [2.05, 4.69) is 0 Å². The van der Waals surface area contributed by atoms with Crippen molar-refractivity contribution in [3.63, 3.8) is 0 Å². The Morgan fingerprint density at radius 3 is 2.12 bits per heavy atom. The Balaban J connectivity index is 1.86. The number of epoxide rings is 1. The van der Waals surface area contributed by atoms with E-state index in [9.17, 15) is 0 Å². The van der Waals surface area contributed by atoms with Crippen LogP contribution in [0.25, 0.3) is 0 Å². The Morgan fingerprint density at radius 1 is 1.00 bits per heavy atom. The minimum absolute atomic E-state index is 0.0463. The normalized spacial score (nSPS) is 38.2. The lowest BCUT2D eigenvalue weighted by atomic mass is 10.5. The van der Waals surface area contributed by atoms with Crippen LogP contribution in [0.1, 0.15) is 0 Å². The summed E-state index contributed by atoms with van der Waals surface area (Å²) in [5.41, 5.74) is 0. The SMILES string of the molecule is C1COC(C2CO2)O1. The first kappa shape index (κ1) is 4.73. The van der Waals surface area contributed by atoms with E-state index in [1.807, 2.05) is 0 Å². The van der Waals surface area contributed by atoms with E-state index in [1.54, 1.807) is 0 Å². The Morgan fingerprint density at radius 2 is 1.62 bits per heavy atom. The number of rotatable bonds is 1. The molecule has 2 rings (SSSR count). The summed E-state index contributed by atoms with van der Waals surface area (Å²) in [6.45, 7) is 2.26. The molecule has 0 amide bonds. The highest BCUT2D eigenvalue weighted by Crippen LogP contribution is 2.20. The van der Waals surface area contributed by atoms with Crippen LogP contribution >= 0.6 is 0 Å². The Labute approximate surface area is 47.5 Å². The first-order valence-corrected chi connectivity index (χ1v) is 2.81. The highest BCUT2D eigenvalue weighted by molar-refractivity contribution is 4.75. The lowest BCUT2D eigenvalue weighted by Gasteiger charge is -2.01. The maximum Gasteiger partial charge on any atom is 0.186 e. The molecular formula is C5H8O3. The monoisotopic (exact) mass is 116 g/mol. The highest BCUT2D eigenvalue weighted by Gasteiger charge is 2.36. The standard InChI is InChI=1S/C5H8O3/c1-2-7-5(6-1)4-3-8-4/h4-5H,1-3H2. The van der Waals surface area contributed by atoms with Crippen LogP contribution in [0.4, 0.5) is 0 Å². The molecule has 2 saturated heterocycles. The predicted molar refractivity (Wildman–Crippen MR) is 25.4 cm³/mol. The molecule has 0 N–H and O–H groups in total. The lowest BCUT2D eigenvalue weighted by Crippen LogP contribution is -2.14. The molecule has 1 unspecified atom stereocenters. The van der Waals surface area contributed by atoms with Crippen LogP contribution < -0.4 is 0 Å². The van der Waals surface area contributed by atoms with Crippen molar-refractivity contribution in [3.05, 3.63) is 0 Å². The molecule has 46 valence electrons. The van der Waals surface area contributed by atoms with Crippen molar-refractivity contribution in [2.75, 3.05) is 19.8 Å². The predicted octanol–water partition coefficient (Wildman–Crippen LogP) is -0.242. The van der Waals surface area contributed by atoms with Gasteiger partial charge in [-0.15, -0.1) is 0 Å². The largest absolute Gasteiger partial charge is 0.368 e. The molecule has 3 nitrogen and oxygen atoms in total. The van der Waals surface area contributed by atoms with Crippen molar-refractivity contribution in [1.82, 2.24) is 0 Å². The molecule has 8 heavy (non-hydrogen) atoms. The maximum absolute atomic E-state index is 5.13. The van der Waals surface area contributed by atoms with Crippen LogP contribution in [0.2, 0.25) is 0 Å². The van der Waals surface area contributed by atoms with E-state index in [-0.39, 0.29) is 12.4 Å². The van der Waals surface area contributed by atoms with Gasteiger partial charge in [0.25, 0.3) is 0 Å². The van der Waals surface area contributed by atoms with Crippen molar-refractivity contribution in [1.29, 1.82) is 0 Å². The van der Waals surface area contributed by atoms with Crippen molar-refractivity contribution in [3.8, 4) is 0 Å². The van der Waals surface area contributed by atoms with Gasteiger partial charge < -0.3 is 14.2 Å². The van der Waals surface area contributed by atoms with Gasteiger partial charge in [0, 0.05) is 0 Å². The molecule has 0 saturated carbocycles. The van der Waals surface area contributed by atoms with Crippen LogP contribution in [0.15, 0.2) is 0 Å². The summed E-state index contributed by atoms with van der Waals surface area (Å²) >= 11 is 0. The average Bonchev–Trinajstić information content (AvgIpc) is 2.49. The fraction of sp³-hybridized carbons (Fsp3) is 1.00. The van der Waals surface area contributed by atoms with Crippen molar-refractivity contribution < 1.29 is 14.2 Å². The van der Waals surface area contributed by atoms with Crippen LogP contribution in [0, 0.1) is 0 Å². The molecule has 0 aromatic carbocycles. The number of hydrogen-bond acceptors (Lipinski definition) is 3. The summed E-state index contributed by atoms with van der Waals surface area (Å²) in [5.74, 6) is 0. The number of ether oxygens (including phenoxy) is 3. The second-order valence-electron chi connectivity index (χ2n) is 1.98. The van der Waals surface area contributed by atoms with Crippen LogP contribution in [-0.4, -0.2) is 32.2 Å². The van der Waals surface area contributed by atoms with E-state index in [0.717, 1.165) is 19.8 Å². The van der Waals surface area contributed by atoms with E-state index in [1.165, 1.54) is 0 Å². The molecule has 0 bridgehead atoms. The minimum Gasteiger partial charge on any atom is -0.368 e. The summed E-state index contributed by atoms with van der Waals surface area (Å²) in [6, 6.07) is 0. The third-order valence-electron chi connectivity index (χ3n) is 1.31. The van der Waals surface area contributed by atoms with Gasteiger partial charge >= 0.3 is 0 Å². The highest BCUT2D eigenvalue weighted by atomic mass is 16.7. The molecule has 2 fully saturated rings. The van der Waals surface area contributed by atoms with E-state index < -0.39 is 0 Å². The number of hydrogen-bond donors (Lipinski definition) is 0. The molecule has 3 heteroatoms. The van der Waals surface area contributed by atoms with Gasteiger partial charge in [-0.25, -0.2) is 0 Å². The third kappa shape index (κ3) is 0.727. The van der Waals surface area contributed by atoms with Crippen LogP contribution in [0.5, 0.6) is 0 Å². The second kappa shape index (κ2) is 1.69. The first-order chi connectivity index (χ1) is 3.97. The summed E-state index contributed by atoms with van der Waals surface area (Å²) < 4.78 is 15.2. The zero-order valence-corrected chi connectivity index (χ0v) is 4.50. The zero-order chi connectivity index (χ0) is 5.40. The minimum atomic E-state index is -0.0463. The van der Waals surface area contributed by atoms with Gasteiger partial charge in [-0.3, -0.25) is 0 Å². The zero-order valence-electron chi connectivity index (χ0n) is 4.50. The van der Waals surface area contributed by atoms with Gasteiger partial charge in [-0.1, -0.05) is 0 Å². The summed E-state index contributed by atoms with van der Waals surface area (Å²) in [4.78, 5) is 0. The van der Waals surface area contributed by atoms with Gasteiger partial charge in [0.05, 0.1) is 19.8 Å². The fourth-order valence-corrected chi connectivity index (χ4v) is 0.804. The Kier molecular flexibility index (Phi) is 0.997. The van der Waals surface area contributed by atoms with Gasteiger partial charge in [-0.05, 0) is 0 Å². The van der Waals surface area contributed by atoms with Gasteiger partial charge in [0.15, 0.2) is 6.29 Å². The first-order valence-electron chi connectivity index (χ1n) is 2.81. The molecule has 0 spiro atoms. The van der Waals surface area contributed by atoms with Crippen molar-refractivity contribution >= 4 is 0 Å². The van der Waals surface area contributed by atoms with Crippen molar-refractivity contribution in [2.24, 2.45) is 0 Å². The Hall–Kier alpha value is -0.120. The molecule has 2 heterocycles. The molecule has 0 aromatic rings. The second-order valence-corrected chi connectivity index (χ2v) is 1.98. The van der Waals surface area contributed by atoms with E-state index in [4.69, 9.17) is 14.2 Å². The Bertz CT molecular complexity index is 83.7. The summed E-state index contributed by atoms with van der Waals surface area (Å²) in [5, 5.41) is 0. The third-order valence-corrected chi connectivity index (χ3v) is 1.31. The van der Waals surface area contributed by atoms with Gasteiger partial charge in [0.1, 0.15) is 6.10 Å². The van der Waals surface area contributed by atoms with Crippen LogP contribution in [0.3, 0.4) is 0 Å². The topological polar surface area (TPSA) is 31.0 Å². The van der Waals surface area contributed by atoms with E-state index in [0.29, 0.717) is 0 Å². The van der Waals surface area contributed by atoms with Crippen molar-refractivity contribution in [2.45, 2.75) is 12.4 Å². The van der Waals surface area contributed by atoms with Crippen LogP contribution in [-0.2, 0) is 14.2 Å². The quantitative estimate of drug-likeness (QED) is 0.443. The molecule has 0 aliphatic carbocycles.